The van der Waals surface area contributed by atoms with Crippen LogP contribution in [-0.4, -0.2) is 15.5 Å². The van der Waals surface area contributed by atoms with Crippen molar-refractivity contribution in [2.24, 2.45) is 0 Å². The van der Waals surface area contributed by atoms with Crippen LogP contribution in [0.2, 0.25) is 0 Å². The standard InChI is InChI=1S/C23H19N3O3/c1-16-8-7-11-18-22(16)24-15-26(23(18)28)14-21(27)25-19-12-5-6-13-20(19)29-17-9-3-2-4-10-17/h2-13,15H,14H2,1H3,(H,25,27). The van der Waals surface area contributed by atoms with Crippen LogP contribution >= 0.6 is 0 Å². The first-order chi connectivity index (χ1) is 14.1. The highest BCUT2D eigenvalue weighted by Crippen LogP contribution is 2.29. The number of nitrogens with zero attached hydrogens (tertiary/aromatic N) is 2. The number of hydrogen-bond acceptors (Lipinski definition) is 4. The summed E-state index contributed by atoms with van der Waals surface area (Å²) < 4.78 is 7.16. The lowest BCUT2D eigenvalue weighted by molar-refractivity contribution is -0.116. The van der Waals surface area contributed by atoms with Crippen LogP contribution in [0.5, 0.6) is 11.5 Å². The zero-order valence-corrected chi connectivity index (χ0v) is 15.8. The van der Waals surface area contributed by atoms with Crippen molar-refractivity contribution in [1.82, 2.24) is 9.55 Å². The quantitative estimate of drug-likeness (QED) is 0.560. The third-order valence-corrected chi connectivity index (χ3v) is 4.50. The van der Waals surface area contributed by atoms with Crippen LogP contribution in [0.25, 0.3) is 10.9 Å². The van der Waals surface area contributed by atoms with E-state index in [4.69, 9.17) is 4.74 Å². The number of aromatic nitrogens is 2. The highest BCUT2D eigenvalue weighted by Gasteiger charge is 2.12. The van der Waals surface area contributed by atoms with E-state index in [1.807, 2.05) is 55.5 Å². The second kappa shape index (κ2) is 7.98. The van der Waals surface area contributed by atoms with Gasteiger partial charge in [0.05, 0.1) is 22.9 Å². The summed E-state index contributed by atoms with van der Waals surface area (Å²) in [5.74, 6) is 0.844. The Kier molecular flexibility index (Phi) is 5.07. The summed E-state index contributed by atoms with van der Waals surface area (Å²) in [7, 11) is 0. The Morgan fingerprint density at radius 2 is 1.76 bits per heavy atom. The fraction of sp³-hybridized carbons (Fsp3) is 0.0870. The maximum atomic E-state index is 12.7. The van der Waals surface area contributed by atoms with Crippen LogP contribution in [0.3, 0.4) is 0 Å². The van der Waals surface area contributed by atoms with Crippen molar-refractivity contribution in [2.75, 3.05) is 5.32 Å². The zero-order valence-electron chi connectivity index (χ0n) is 15.8. The lowest BCUT2D eigenvalue weighted by Crippen LogP contribution is -2.28. The molecule has 0 aliphatic rings. The number of hydrogen-bond donors (Lipinski definition) is 1. The largest absolute Gasteiger partial charge is 0.455 e. The number of ether oxygens (including phenoxy) is 1. The molecule has 1 heterocycles. The SMILES string of the molecule is Cc1cccc2c(=O)n(CC(=O)Nc3ccccc3Oc3ccccc3)cnc12. The summed E-state index contributed by atoms with van der Waals surface area (Å²) in [6.45, 7) is 1.75. The molecule has 1 amide bonds. The molecule has 0 bridgehead atoms. The van der Waals surface area contributed by atoms with Crippen LogP contribution in [-0.2, 0) is 11.3 Å². The second-order valence-corrected chi connectivity index (χ2v) is 6.61. The Bertz CT molecular complexity index is 1230. The molecular formula is C23H19N3O3. The molecule has 0 spiro atoms. The van der Waals surface area contributed by atoms with Crippen molar-refractivity contribution >= 4 is 22.5 Å². The van der Waals surface area contributed by atoms with Crippen molar-refractivity contribution < 1.29 is 9.53 Å². The molecule has 0 unspecified atom stereocenters. The van der Waals surface area contributed by atoms with E-state index in [0.717, 1.165) is 5.56 Å². The Morgan fingerprint density at radius 1 is 1.00 bits per heavy atom. The van der Waals surface area contributed by atoms with Gasteiger partial charge in [-0.2, -0.15) is 0 Å². The normalized spacial score (nSPS) is 10.7. The van der Waals surface area contributed by atoms with E-state index in [-0.39, 0.29) is 18.0 Å². The summed E-state index contributed by atoms with van der Waals surface area (Å²) in [6.07, 6.45) is 1.41. The van der Waals surface area contributed by atoms with Crippen LogP contribution in [0.4, 0.5) is 5.69 Å². The van der Waals surface area contributed by atoms with Crippen LogP contribution in [0.15, 0.2) is 83.9 Å². The van der Waals surface area contributed by atoms with E-state index in [9.17, 15) is 9.59 Å². The van der Waals surface area contributed by atoms with E-state index < -0.39 is 0 Å². The van der Waals surface area contributed by atoms with Crippen molar-refractivity contribution in [3.05, 3.63) is 95.0 Å². The van der Waals surface area contributed by atoms with Gasteiger partial charge in [0.15, 0.2) is 5.75 Å². The fourth-order valence-electron chi connectivity index (χ4n) is 3.07. The van der Waals surface area contributed by atoms with Gasteiger partial charge in [0.25, 0.3) is 5.56 Å². The third-order valence-electron chi connectivity index (χ3n) is 4.50. The predicted octanol–water partition coefficient (Wildman–Crippen LogP) is 4.14. The molecule has 0 aliphatic carbocycles. The van der Waals surface area contributed by atoms with E-state index in [1.54, 1.807) is 24.3 Å². The number of para-hydroxylation sites is 4. The Hall–Kier alpha value is -3.93. The summed E-state index contributed by atoms with van der Waals surface area (Å²) in [6, 6.07) is 21.9. The second-order valence-electron chi connectivity index (χ2n) is 6.61. The number of rotatable bonds is 5. The molecule has 0 atom stereocenters. The molecular weight excluding hydrogens is 366 g/mol. The zero-order chi connectivity index (χ0) is 20.2. The molecule has 6 nitrogen and oxygen atoms in total. The highest BCUT2D eigenvalue weighted by molar-refractivity contribution is 5.92. The maximum Gasteiger partial charge on any atom is 0.261 e. The first-order valence-corrected chi connectivity index (χ1v) is 9.18. The van der Waals surface area contributed by atoms with Gasteiger partial charge in [0.2, 0.25) is 5.91 Å². The minimum Gasteiger partial charge on any atom is -0.455 e. The monoisotopic (exact) mass is 385 g/mol. The van der Waals surface area contributed by atoms with Gasteiger partial charge in [-0.25, -0.2) is 4.98 Å². The molecule has 0 saturated heterocycles. The molecule has 0 fully saturated rings. The smallest absolute Gasteiger partial charge is 0.261 e. The number of amides is 1. The summed E-state index contributed by atoms with van der Waals surface area (Å²) in [5, 5.41) is 3.31. The van der Waals surface area contributed by atoms with Gasteiger partial charge in [-0.05, 0) is 42.8 Å². The molecule has 144 valence electrons. The number of carbonyl (C=O) groups excluding carboxylic acids is 1. The van der Waals surface area contributed by atoms with Gasteiger partial charge in [0, 0.05) is 0 Å². The lowest BCUT2D eigenvalue weighted by atomic mass is 10.1. The number of carbonyl (C=O) groups is 1. The Morgan fingerprint density at radius 3 is 2.59 bits per heavy atom. The minimum atomic E-state index is -0.343. The maximum absolute atomic E-state index is 12.7. The van der Waals surface area contributed by atoms with Crippen LogP contribution in [0, 0.1) is 6.92 Å². The number of nitrogens with one attached hydrogen (secondary N) is 1. The number of anilines is 1. The number of benzene rings is 3. The van der Waals surface area contributed by atoms with E-state index in [2.05, 4.69) is 10.3 Å². The molecule has 6 heteroatoms. The third kappa shape index (κ3) is 4.01. The molecule has 0 saturated carbocycles. The molecule has 1 aromatic heterocycles. The highest BCUT2D eigenvalue weighted by atomic mass is 16.5. The molecule has 29 heavy (non-hydrogen) atoms. The molecule has 1 N–H and O–H groups in total. The van der Waals surface area contributed by atoms with E-state index in [1.165, 1.54) is 10.9 Å². The minimum absolute atomic E-state index is 0.143. The van der Waals surface area contributed by atoms with Gasteiger partial charge in [-0.3, -0.25) is 14.2 Å². The lowest BCUT2D eigenvalue weighted by Gasteiger charge is -2.13. The van der Waals surface area contributed by atoms with Gasteiger partial charge in [-0.15, -0.1) is 0 Å². The summed E-state index contributed by atoms with van der Waals surface area (Å²) >= 11 is 0. The van der Waals surface area contributed by atoms with Crippen molar-refractivity contribution in [3.63, 3.8) is 0 Å². The average molecular weight is 385 g/mol. The molecule has 3 aromatic carbocycles. The van der Waals surface area contributed by atoms with E-state index >= 15 is 0 Å². The van der Waals surface area contributed by atoms with Crippen LogP contribution in [0.1, 0.15) is 5.56 Å². The topological polar surface area (TPSA) is 73.2 Å². The molecule has 4 rings (SSSR count). The summed E-state index contributed by atoms with van der Waals surface area (Å²) in [5.41, 5.74) is 1.85. The number of aryl methyl sites for hydroxylation is 1. The van der Waals surface area contributed by atoms with Crippen molar-refractivity contribution in [3.8, 4) is 11.5 Å². The average Bonchev–Trinajstić information content (AvgIpc) is 2.73. The predicted molar refractivity (Wildman–Crippen MR) is 112 cm³/mol. The van der Waals surface area contributed by atoms with Gasteiger partial charge in [-0.1, -0.05) is 42.5 Å². The Labute approximate surface area is 167 Å². The molecule has 0 radical (unpaired) electrons. The number of fused-ring (bicyclic) bond motifs is 1. The van der Waals surface area contributed by atoms with Crippen LogP contribution < -0.4 is 15.6 Å². The van der Waals surface area contributed by atoms with Crippen molar-refractivity contribution in [1.29, 1.82) is 0 Å². The van der Waals surface area contributed by atoms with E-state index in [0.29, 0.717) is 28.1 Å². The molecule has 0 aliphatic heterocycles. The first kappa shape index (κ1) is 18.4. The summed E-state index contributed by atoms with van der Waals surface area (Å²) in [4.78, 5) is 29.6. The molecule has 4 aromatic rings. The van der Waals surface area contributed by atoms with Crippen molar-refractivity contribution in [2.45, 2.75) is 13.5 Å². The van der Waals surface area contributed by atoms with Gasteiger partial charge in [0.1, 0.15) is 12.3 Å². The van der Waals surface area contributed by atoms with Gasteiger partial charge >= 0.3 is 0 Å². The fourth-order valence-corrected chi connectivity index (χ4v) is 3.07. The van der Waals surface area contributed by atoms with Gasteiger partial charge < -0.3 is 10.1 Å². The Balaban J connectivity index is 1.55. The first-order valence-electron chi connectivity index (χ1n) is 9.18.